The third-order valence-electron chi connectivity index (χ3n) is 4.88. The van der Waals surface area contributed by atoms with Crippen LogP contribution >= 0.6 is 0 Å². The zero-order valence-electron chi connectivity index (χ0n) is 15.3. The van der Waals surface area contributed by atoms with Gasteiger partial charge in [0.25, 0.3) is 0 Å². The number of rotatable bonds is 8. The van der Waals surface area contributed by atoms with Crippen molar-refractivity contribution in [3.8, 4) is 0 Å². The van der Waals surface area contributed by atoms with Gasteiger partial charge in [-0.3, -0.25) is 4.79 Å². The molecule has 0 saturated carbocycles. The minimum absolute atomic E-state index is 0.154. The average Bonchev–Trinajstić information content (AvgIpc) is 2.69. The van der Waals surface area contributed by atoms with Gasteiger partial charge in [-0.15, -0.1) is 0 Å². The van der Waals surface area contributed by atoms with Crippen molar-refractivity contribution in [1.29, 1.82) is 0 Å². The van der Waals surface area contributed by atoms with E-state index in [9.17, 15) is 4.79 Å². The van der Waals surface area contributed by atoms with Gasteiger partial charge in [0.05, 0.1) is 0 Å². The van der Waals surface area contributed by atoms with Crippen molar-refractivity contribution >= 4 is 5.91 Å². The zero-order valence-corrected chi connectivity index (χ0v) is 15.3. The minimum Gasteiger partial charge on any atom is -0.352 e. The van der Waals surface area contributed by atoms with Gasteiger partial charge in [0.1, 0.15) is 0 Å². The lowest BCUT2D eigenvalue weighted by atomic mass is 9.89. The van der Waals surface area contributed by atoms with Crippen molar-refractivity contribution in [2.45, 2.75) is 25.7 Å². The molecule has 1 amide bonds. The first-order chi connectivity index (χ1) is 12.8. The summed E-state index contributed by atoms with van der Waals surface area (Å²) in [5.74, 6) is 0.461. The van der Waals surface area contributed by atoms with Crippen LogP contribution in [0.3, 0.4) is 0 Å². The second-order valence-corrected chi connectivity index (χ2v) is 7.04. The van der Waals surface area contributed by atoms with E-state index in [-0.39, 0.29) is 5.91 Å². The third kappa shape index (κ3) is 6.16. The second kappa shape index (κ2) is 9.93. The van der Waals surface area contributed by atoms with E-state index in [1.54, 1.807) is 0 Å². The lowest BCUT2D eigenvalue weighted by Crippen LogP contribution is -2.31. The Kier molecular flexibility index (Phi) is 7.03. The van der Waals surface area contributed by atoms with E-state index in [0.29, 0.717) is 18.9 Å². The molecule has 1 heterocycles. The monoisotopic (exact) mass is 348 g/mol. The highest BCUT2D eigenvalue weighted by molar-refractivity contribution is 5.76. The van der Waals surface area contributed by atoms with Crippen LogP contribution in [-0.2, 0) is 17.6 Å². The molecule has 0 fully saturated rings. The van der Waals surface area contributed by atoms with Gasteiger partial charge in [0.2, 0.25) is 5.91 Å². The Morgan fingerprint density at radius 1 is 0.962 bits per heavy atom. The van der Waals surface area contributed by atoms with E-state index in [1.165, 1.54) is 16.7 Å². The molecule has 3 rings (SSSR count). The van der Waals surface area contributed by atoms with Crippen LogP contribution in [0.25, 0.3) is 0 Å². The van der Waals surface area contributed by atoms with Crippen LogP contribution < -0.4 is 10.6 Å². The quantitative estimate of drug-likeness (QED) is 0.717. The summed E-state index contributed by atoms with van der Waals surface area (Å²) in [6, 6.07) is 20.9. The van der Waals surface area contributed by atoms with E-state index in [0.717, 1.165) is 32.4 Å². The number of hydrogen-bond acceptors (Lipinski definition) is 2. The molecule has 136 valence electrons. The lowest BCUT2D eigenvalue weighted by molar-refractivity contribution is -0.121. The fourth-order valence-electron chi connectivity index (χ4n) is 3.49. The first-order valence-corrected chi connectivity index (χ1v) is 9.53. The van der Waals surface area contributed by atoms with Gasteiger partial charge >= 0.3 is 0 Å². The smallest absolute Gasteiger partial charge is 0.220 e. The predicted molar refractivity (Wildman–Crippen MR) is 107 cm³/mol. The van der Waals surface area contributed by atoms with Crippen LogP contribution in [0, 0.1) is 5.92 Å². The molecule has 2 N–H and O–H groups in total. The van der Waals surface area contributed by atoms with Crippen molar-refractivity contribution in [3.63, 3.8) is 0 Å². The third-order valence-corrected chi connectivity index (χ3v) is 4.88. The summed E-state index contributed by atoms with van der Waals surface area (Å²) in [6.45, 7) is 2.60. The molecule has 1 aliphatic rings. The highest BCUT2D eigenvalue weighted by Gasteiger charge is 2.16. The maximum atomic E-state index is 12.5. The summed E-state index contributed by atoms with van der Waals surface area (Å²) < 4.78 is 0. The zero-order chi connectivity index (χ0) is 18.0. The van der Waals surface area contributed by atoms with Gasteiger partial charge in [-0.2, -0.15) is 0 Å². The van der Waals surface area contributed by atoms with Gasteiger partial charge in [-0.05, 0) is 42.9 Å². The molecule has 26 heavy (non-hydrogen) atoms. The summed E-state index contributed by atoms with van der Waals surface area (Å²) in [5.41, 5.74) is 3.92. The fourth-order valence-corrected chi connectivity index (χ4v) is 3.49. The fraction of sp³-hybridized carbons (Fsp3) is 0.348. The molecule has 2 aromatic rings. The summed E-state index contributed by atoms with van der Waals surface area (Å²) >= 11 is 0. The van der Waals surface area contributed by atoms with Crippen LogP contribution in [0.4, 0.5) is 0 Å². The maximum Gasteiger partial charge on any atom is 0.220 e. The van der Waals surface area contributed by atoms with E-state index in [4.69, 9.17) is 0 Å². The highest BCUT2D eigenvalue weighted by Crippen LogP contribution is 2.18. The first kappa shape index (κ1) is 18.4. The molecule has 3 heteroatoms. The molecule has 0 aromatic heterocycles. The average molecular weight is 348 g/mol. The van der Waals surface area contributed by atoms with Crippen molar-refractivity contribution in [1.82, 2.24) is 10.6 Å². The van der Waals surface area contributed by atoms with E-state index in [2.05, 4.69) is 65.2 Å². The second-order valence-electron chi connectivity index (χ2n) is 7.04. The number of benzene rings is 2. The Morgan fingerprint density at radius 2 is 1.58 bits per heavy atom. The largest absolute Gasteiger partial charge is 0.352 e. The van der Waals surface area contributed by atoms with Gasteiger partial charge in [-0.25, -0.2) is 0 Å². The van der Waals surface area contributed by atoms with E-state index >= 15 is 0 Å². The van der Waals surface area contributed by atoms with Crippen molar-refractivity contribution in [2.75, 3.05) is 19.6 Å². The van der Waals surface area contributed by atoms with Crippen LogP contribution in [0.1, 0.15) is 24.0 Å². The standard InChI is InChI=1S/C23H28N2O/c26-23(25-18-21-11-13-24-14-12-21)17-22(15-19-7-3-1-4-8-19)16-20-9-5-2-6-10-20/h1-11,22,24H,12-18H2,(H,25,26). The van der Waals surface area contributed by atoms with E-state index in [1.807, 2.05) is 12.1 Å². The molecule has 1 aliphatic heterocycles. The Balaban J connectivity index is 1.58. The molecule has 0 radical (unpaired) electrons. The Labute approximate surface area is 156 Å². The minimum atomic E-state index is 0.154. The molecule has 0 saturated heterocycles. The predicted octanol–water partition coefficient (Wildman–Crippen LogP) is 3.51. The first-order valence-electron chi connectivity index (χ1n) is 9.53. The molecule has 0 bridgehead atoms. The Morgan fingerprint density at radius 3 is 2.12 bits per heavy atom. The van der Waals surface area contributed by atoms with Crippen LogP contribution in [0.2, 0.25) is 0 Å². The number of nitrogens with one attached hydrogen (secondary N) is 2. The Hall–Kier alpha value is -2.39. The van der Waals surface area contributed by atoms with Crippen LogP contribution in [-0.4, -0.2) is 25.5 Å². The maximum absolute atomic E-state index is 12.5. The lowest BCUT2D eigenvalue weighted by Gasteiger charge is -2.19. The Bertz CT molecular complexity index is 668. The molecular formula is C23H28N2O. The summed E-state index contributed by atoms with van der Waals surface area (Å²) in [5, 5.41) is 6.42. The number of hydrogen-bond donors (Lipinski definition) is 2. The molecule has 0 spiro atoms. The van der Waals surface area contributed by atoms with Gasteiger partial charge in [0.15, 0.2) is 0 Å². The normalized spacial score (nSPS) is 14.1. The van der Waals surface area contributed by atoms with Crippen molar-refractivity contribution in [2.24, 2.45) is 5.92 Å². The van der Waals surface area contributed by atoms with E-state index < -0.39 is 0 Å². The highest BCUT2D eigenvalue weighted by atomic mass is 16.1. The molecule has 0 unspecified atom stereocenters. The van der Waals surface area contributed by atoms with Crippen LogP contribution in [0.15, 0.2) is 72.3 Å². The van der Waals surface area contributed by atoms with Crippen molar-refractivity contribution < 1.29 is 4.79 Å². The van der Waals surface area contributed by atoms with Gasteiger partial charge in [0, 0.05) is 19.5 Å². The molecule has 2 aromatic carbocycles. The van der Waals surface area contributed by atoms with Crippen LogP contribution in [0.5, 0.6) is 0 Å². The summed E-state index contributed by atoms with van der Waals surface area (Å²) in [7, 11) is 0. The number of carbonyl (C=O) groups is 1. The van der Waals surface area contributed by atoms with Gasteiger partial charge in [-0.1, -0.05) is 72.3 Å². The molecule has 0 aliphatic carbocycles. The molecular weight excluding hydrogens is 320 g/mol. The number of amides is 1. The molecule has 3 nitrogen and oxygen atoms in total. The van der Waals surface area contributed by atoms with Crippen molar-refractivity contribution in [3.05, 3.63) is 83.4 Å². The summed E-state index contributed by atoms with van der Waals surface area (Å²) in [6.07, 6.45) is 5.63. The molecule has 0 atom stereocenters. The SMILES string of the molecule is O=C(CC(Cc1ccccc1)Cc1ccccc1)NCC1=CCNCC1. The van der Waals surface area contributed by atoms with Gasteiger partial charge < -0.3 is 10.6 Å². The topological polar surface area (TPSA) is 41.1 Å². The summed E-state index contributed by atoms with van der Waals surface area (Å²) in [4.78, 5) is 12.5. The number of carbonyl (C=O) groups excluding carboxylic acids is 1.